The summed E-state index contributed by atoms with van der Waals surface area (Å²) in [6.45, 7) is 1.72. The number of rotatable bonds is 3. The minimum atomic E-state index is -0.521. The molecule has 3 nitrogen and oxygen atoms in total. The van der Waals surface area contributed by atoms with Gasteiger partial charge < -0.3 is 5.32 Å². The molecule has 13 heavy (non-hydrogen) atoms. The summed E-state index contributed by atoms with van der Waals surface area (Å²) < 4.78 is 0. The smallest absolute Gasteiger partial charge is 0.252 e. The molecule has 1 N–H and O–H groups in total. The topological polar surface area (TPSA) is 46.2 Å². The van der Waals surface area contributed by atoms with E-state index in [-0.39, 0.29) is 0 Å². The van der Waals surface area contributed by atoms with Crippen molar-refractivity contribution in [2.45, 2.75) is 6.92 Å². The molecule has 0 saturated heterocycles. The minimum Gasteiger partial charge on any atom is -0.328 e. The number of benzene rings is 1. The van der Waals surface area contributed by atoms with Gasteiger partial charge in [-0.1, -0.05) is 6.07 Å². The Morgan fingerprint density at radius 3 is 2.77 bits per heavy atom. The van der Waals surface area contributed by atoms with Gasteiger partial charge in [-0.05, 0) is 36.2 Å². The first-order chi connectivity index (χ1) is 6.16. The number of halogens is 1. The highest BCUT2D eigenvalue weighted by atomic mass is 35.5. The normalized spacial score (nSPS) is 9.38. The molecule has 0 unspecified atom stereocenters. The highest BCUT2D eigenvalue weighted by Crippen LogP contribution is 2.19. The first-order valence-corrected chi connectivity index (χ1v) is 4.04. The van der Waals surface area contributed by atoms with Gasteiger partial charge in [0, 0.05) is 11.3 Å². The molecule has 4 heteroatoms. The summed E-state index contributed by atoms with van der Waals surface area (Å²) in [4.78, 5) is 21.1. The van der Waals surface area contributed by atoms with E-state index in [1.54, 1.807) is 25.1 Å². The van der Waals surface area contributed by atoms with Crippen LogP contribution in [-0.4, -0.2) is 11.7 Å². The molecular weight excluding hydrogens is 190 g/mol. The quantitative estimate of drug-likeness (QED) is 0.595. The monoisotopic (exact) mass is 197 g/mol. The molecule has 1 aromatic rings. The van der Waals surface area contributed by atoms with Crippen LogP contribution in [0, 0.1) is 6.92 Å². The molecule has 0 aliphatic heterocycles. The molecule has 1 aromatic carbocycles. The van der Waals surface area contributed by atoms with Crippen molar-refractivity contribution in [1.82, 2.24) is 0 Å². The van der Waals surface area contributed by atoms with Crippen molar-refractivity contribution < 1.29 is 9.59 Å². The summed E-state index contributed by atoms with van der Waals surface area (Å²) in [6.07, 6.45) is 0.560. The van der Waals surface area contributed by atoms with E-state index in [0.29, 0.717) is 23.2 Å². The lowest BCUT2D eigenvalue weighted by Gasteiger charge is -2.06. The fourth-order valence-electron chi connectivity index (χ4n) is 1.07. The second kappa shape index (κ2) is 4.05. The van der Waals surface area contributed by atoms with E-state index in [2.05, 4.69) is 5.32 Å². The third kappa shape index (κ3) is 2.06. The Bertz CT molecular complexity index is 349. The van der Waals surface area contributed by atoms with Gasteiger partial charge in [-0.25, -0.2) is 0 Å². The standard InChI is InChI=1S/C9H8ClNO2/c1-6-7(9(10)13)3-2-4-8(6)11-5-12/h2-5H,1H3,(H,11,12). The molecule has 0 spiro atoms. The average molecular weight is 198 g/mol. The lowest BCUT2D eigenvalue weighted by Crippen LogP contribution is -2.00. The van der Waals surface area contributed by atoms with Gasteiger partial charge in [0.1, 0.15) is 0 Å². The number of nitrogens with one attached hydrogen (secondary N) is 1. The molecule has 0 saturated carbocycles. The van der Waals surface area contributed by atoms with E-state index in [9.17, 15) is 9.59 Å². The van der Waals surface area contributed by atoms with Crippen molar-refractivity contribution in [2.75, 3.05) is 5.32 Å². The van der Waals surface area contributed by atoms with E-state index in [0.717, 1.165) is 0 Å². The van der Waals surface area contributed by atoms with Gasteiger partial charge in [0.2, 0.25) is 6.41 Å². The van der Waals surface area contributed by atoms with Crippen molar-refractivity contribution in [3.8, 4) is 0 Å². The Hall–Kier alpha value is -1.35. The van der Waals surface area contributed by atoms with Gasteiger partial charge in [-0.3, -0.25) is 9.59 Å². The summed E-state index contributed by atoms with van der Waals surface area (Å²) in [5, 5.41) is 1.96. The van der Waals surface area contributed by atoms with Gasteiger partial charge in [0.05, 0.1) is 0 Å². The summed E-state index contributed by atoms with van der Waals surface area (Å²) in [5.41, 5.74) is 1.68. The van der Waals surface area contributed by atoms with Crippen molar-refractivity contribution in [3.63, 3.8) is 0 Å². The summed E-state index contributed by atoms with van der Waals surface area (Å²) in [6, 6.07) is 4.97. The second-order valence-corrected chi connectivity index (χ2v) is 2.86. The van der Waals surface area contributed by atoms with Gasteiger partial charge in [-0.15, -0.1) is 0 Å². The van der Waals surface area contributed by atoms with Crippen LogP contribution in [0.15, 0.2) is 18.2 Å². The van der Waals surface area contributed by atoms with Crippen LogP contribution in [0.2, 0.25) is 0 Å². The molecule has 0 radical (unpaired) electrons. The Morgan fingerprint density at radius 2 is 2.23 bits per heavy atom. The fraction of sp³-hybridized carbons (Fsp3) is 0.111. The number of carbonyl (C=O) groups is 2. The molecule has 0 bridgehead atoms. The molecule has 1 rings (SSSR count). The lowest BCUT2D eigenvalue weighted by atomic mass is 10.1. The van der Waals surface area contributed by atoms with Crippen LogP contribution < -0.4 is 5.32 Å². The zero-order chi connectivity index (χ0) is 9.84. The zero-order valence-corrected chi connectivity index (χ0v) is 7.76. The molecular formula is C9H8ClNO2. The number of carbonyl (C=O) groups excluding carboxylic acids is 2. The molecule has 68 valence electrons. The highest BCUT2D eigenvalue weighted by Gasteiger charge is 2.08. The Labute approximate surface area is 80.7 Å². The first kappa shape index (κ1) is 9.74. The van der Waals surface area contributed by atoms with E-state index in [1.165, 1.54) is 0 Å². The van der Waals surface area contributed by atoms with Gasteiger partial charge in [0.15, 0.2) is 0 Å². The minimum absolute atomic E-state index is 0.411. The van der Waals surface area contributed by atoms with Crippen LogP contribution >= 0.6 is 11.6 Å². The molecule has 1 amide bonds. The van der Waals surface area contributed by atoms with Crippen molar-refractivity contribution in [3.05, 3.63) is 29.3 Å². The number of hydrogen-bond acceptors (Lipinski definition) is 2. The van der Waals surface area contributed by atoms with E-state index >= 15 is 0 Å². The summed E-state index contributed by atoms with van der Waals surface area (Å²) in [5.74, 6) is 0. The molecule has 0 aromatic heterocycles. The third-order valence-electron chi connectivity index (χ3n) is 1.76. The SMILES string of the molecule is Cc1c(NC=O)cccc1C(=O)Cl. The first-order valence-electron chi connectivity index (χ1n) is 3.66. The number of amides is 1. The lowest BCUT2D eigenvalue weighted by molar-refractivity contribution is -0.105. The van der Waals surface area contributed by atoms with Crippen molar-refractivity contribution in [2.24, 2.45) is 0 Å². The van der Waals surface area contributed by atoms with Crippen LogP contribution in [0.3, 0.4) is 0 Å². The predicted octanol–water partition coefficient (Wildman–Crippen LogP) is 1.94. The summed E-state index contributed by atoms with van der Waals surface area (Å²) >= 11 is 5.33. The van der Waals surface area contributed by atoms with Crippen LogP contribution in [0.25, 0.3) is 0 Å². The zero-order valence-electron chi connectivity index (χ0n) is 7.00. The molecule has 0 aliphatic rings. The van der Waals surface area contributed by atoms with Gasteiger partial charge in [-0.2, -0.15) is 0 Å². The molecule has 0 fully saturated rings. The van der Waals surface area contributed by atoms with Crippen LogP contribution in [-0.2, 0) is 4.79 Å². The predicted molar refractivity (Wildman–Crippen MR) is 51.0 cm³/mol. The highest BCUT2D eigenvalue weighted by molar-refractivity contribution is 6.68. The third-order valence-corrected chi connectivity index (χ3v) is 1.96. The Kier molecular flexibility index (Phi) is 3.03. The Morgan fingerprint density at radius 1 is 1.54 bits per heavy atom. The maximum Gasteiger partial charge on any atom is 0.252 e. The Balaban J connectivity index is 3.17. The number of hydrogen-bond donors (Lipinski definition) is 1. The second-order valence-electron chi connectivity index (χ2n) is 2.51. The van der Waals surface area contributed by atoms with Crippen LogP contribution in [0.4, 0.5) is 5.69 Å². The summed E-state index contributed by atoms with van der Waals surface area (Å²) in [7, 11) is 0. The molecule has 0 heterocycles. The molecule has 0 aliphatic carbocycles. The maximum absolute atomic E-state index is 10.9. The number of anilines is 1. The van der Waals surface area contributed by atoms with Crippen molar-refractivity contribution >= 4 is 28.9 Å². The average Bonchev–Trinajstić information content (AvgIpc) is 2.08. The van der Waals surface area contributed by atoms with E-state index in [4.69, 9.17) is 11.6 Å². The van der Waals surface area contributed by atoms with E-state index < -0.39 is 5.24 Å². The van der Waals surface area contributed by atoms with Crippen molar-refractivity contribution in [1.29, 1.82) is 0 Å². The fourth-order valence-corrected chi connectivity index (χ4v) is 1.27. The largest absolute Gasteiger partial charge is 0.328 e. The van der Waals surface area contributed by atoms with E-state index in [1.807, 2.05) is 0 Å². The van der Waals surface area contributed by atoms with Crippen LogP contribution in [0.5, 0.6) is 0 Å². The molecule has 0 atom stereocenters. The van der Waals surface area contributed by atoms with Gasteiger partial charge >= 0.3 is 0 Å². The van der Waals surface area contributed by atoms with Gasteiger partial charge in [0.25, 0.3) is 5.24 Å². The maximum atomic E-state index is 10.9. The van der Waals surface area contributed by atoms with Crippen LogP contribution in [0.1, 0.15) is 15.9 Å².